The van der Waals surface area contributed by atoms with Gasteiger partial charge in [0.05, 0.1) is 0 Å². The van der Waals surface area contributed by atoms with Crippen LogP contribution in [0.4, 0.5) is 0 Å². The lowest BCUT2D eigenvalue weighted by atomic mass is 9.76. The van der Waals surface area contributed by atoms with E-state index in [1.807, 2.05) is 30.3 Å². The van der Waals surface area contributed by atoms with Gasteiger partial charge in [-0.15, -0.1) is 0 Å². The first kappa shape index (κ1) is 14.7. The van der Waals surface area contributed by atoms with Gasteiger partial charge in [0.2, 0.25) is 0 Å². The van der Waals surface area contributed by atoms with Crippen molar-refractivity contribution in [2.75, 3.05) is 0 Å². The average molecular weight is 268 g/mol. The summed E-state index contributed by atoms with van der Waals surface area (Å²) in [6, 6.07) is 16.3. The number of para-hydroxylation sites is 1. The van der Waals surface area contributed by atoms with Gasteiger partial charge in [0.1, 0.15) is 11.5 Å². The lowest BCUT2D eigenvalue weighted by molar-refractivity contribution is 0.376. The van der Waals surface area contributed by atoms with Gasteiger partial charge in [0.25, 0.3) is 0 Å². The summed E-state index contributed by atoms with van der Waals surface area (Å²) < 4.78 is 15.2. The summed E-state index contributed by atoms with van der Waals surface area (Å²) in [5.41, 5.74) is 0.612. The Bertz CT molecular complexity index is 502. The molecule has 0 aliphatic rings. The van der Waals surface area contributed by atoms with Crippen LogP contribution < -0.4 is 10.2 Å². The van der Waals surface area contributed by atoms with Crippen LogP contribution in [0.25, 0.3) is 0 Å². The summed E-state index contributed by atoms with van der Waals surface area (Å²) in [4.78, 5) is 0. The minimum Gasteiger partial charge on any atom is -0.457 e. The van der Waals surface area contributed by atoms with Gasteiger partial charge in [-0.2, -0.15) is 0 Å². The van der Waals surface area contributed by atoms with E-state index in [0.29, 0.717) is 26.6 Å². The zero-order chi connectivity index (χ0) is 14.2. The molecule has 0 bridgehead atoms. The molecule has 0 atom stereocenters. The maximum Gasteiger partial charge on any atom is 0.470 e. The minimum absolute atomic E-state index is 0.503. The third-order valence-electron chi connectivity index (χ3n) is 2.50. The monoisotopic (exact) mass is 268 g/mol. The average Bonchev–Trinajstić information content (AvgIpc) is 2.49. The maximum atomic E-state index is 8.63. The van der Waals surface area contributed by atoms with E-state index in [1.165, 1.54) is 0 Å². The molecule has 0 unspecified atom stereocenters. The van der Waals surface area contributed by atoms with Crippen molar-refractivity contribution in [2.45, 2.75) is 0 Å². The molecule has 0 spiro atoms. The minimum atomic E-state index is -0.921. The van der Waals surface area contributed by atoms with E-state index in [4.69, 9.17) is 23.9 Å². The molecule has 98 valence electrons. The Morgan fingerprint density at radius 2 is 1.30 bits per heavy atom. The van der Waals surface area contributed by atoms with E-state index in [9.17, 15) is 0 Å². The summed E-state index contributed by atoms with van der Waals surface area (Å²) in [7, 11) is 0.0845. The number of hydrogen-bond acceptors (Lipinski definition) is 5. The molecular weight excluding hydrogens is 257 g/mol. The van der Waals surface area contributed by atoms with Crippen LogP contribution in [0.2, 0.25) is 0 Å². The lowest BCUT2D eigenvalue weighted by Crippen LogP contribution is -2.39. The standard InChI is InChI=1S/C12H11B3O5/c16-13-19-15(20-14-17)10-6-8-12(9-7-10)18-11-4-2-1-3-5-11/h1-9,16-17H. The summed E-state index contributed by atoms with van der Waals surface area (Å²) >= 11 is 0. The molecule has 2 aromatic carbocycles. The molecule has 2 N–H and O–H groups in total. The molecule has 0 aliphatic carbocycles. The molecule has 0 amide bonds. The van der Waals surface area contributed by atoms with Crippen LogP contribution in [0.3, 0.4) is 0 Å². The molecule has 20 heavy (non-hydrogen) atoms. The maximum absolute atomic E-state index is 8.63. The van der Waals surface area contributed by atoms with Gasteiger partial charge in [-0.1, -0.05) is 30.3 Å². The van der Waals surface area contributed by atoms with Gasteiger partial charge in [-0.3, -0.25) is 0 Å². The second kappa shape index (κ2) is 7.76. The van der Waals surface area contributed by atoms with Crippen LogP contribution in [0.5, 0.6) is 11.5 Å². The van der Waals surface area contributed by atoms with Crippen molar-refractivity contribution >= 4 is 28.0 Å². The molecule has 0 saturated carbocycles. The van der Waals surface area contributed by atoms with Crippen molar-refractivity contribution in [3.05, 3.63) is 54.6 Å². The highest BCUT2D eigenvalue weighted by Crippen LogP contribution is 2.19. The third-order valence-corrected chi connectivity index (χ3v) is 2.50. The summed E-state index contributed by atoms with van der Waals surface area (Å²) in [5.74, 6) is 1.39. The van der Waals surface area contributed by atoms with Crippen molar-refractivity contribution in [3.8, 4) is 11.5 Å². The predicted molar refractivity (Wildman–Crippen MR) is 76.5 cm³/mol. The predicted octanol–water partition coefficient (Wildman–Crippen LogP) is 0.260. The van der Waals surface area contributed by atoms with Gasteiger partial charge < -0.3 is 23.9 Å². The first-order valence-electron chi connectivity index (χ1n) is 5.89. The van der Waals surface area contributed by atoms with Gasteiger partial charge in [-0.05, 0) is 29.7 Å². The molecule has 0 saturated heterocycles. The number of rotatable bonds is 7. The van der Waals surface area contributed by atoms with E-state index in [1.54, 1.807) is 24.3 Å². The van der Waals surface area contributed by atoms with E-state index in [-0.39, 0.29) is 0 Å². The Morgan fingerprint density at radius 1 is 0.750 bits per heavy atom. The first-order chi connectivity index (χ1) is 9.83. The lowest BCUT2D eigenvalue weighted by Gasteiger charge is -2.12. The Morgan fingerprint density at radius 3 is 1.85 bits per heavy atom. The van der Waals surface area contributed by atoms with E-state index >= 15 is 0 Å². The second-order valence-corrected chi connectivity index (χ2v) is 3.80. The van der Waals surface area contributed by atoms with Gasteiger partial charge in [0.15, 0.2) is 0 Å². The molecule has 0 fully saturated rings. The highest BCUT2D eigenvalue weighted by Gasteiger charge is 2.21. The zero-order valence-corrected chi connectivity index (χ0v) is 10.5. The fourth-order valence-electron chi connectivity index (χ4n) is 1.62. The van der Waals surface area contributed by atoms with Crippen molar-refractivity contribution in [3.63, 3.8) is 0 Å². The topological polar surface area (TPSA) is 68.2 Å². The molecule has 0 aromatic heterocycles. The van der Waals surface area contributed by atoms with Gasteiger partial charge in [0, 0.05) is 0 Å². The molecular formula is C12H11B3O5. The number of hydrogen-bond donors (Lipinski definition) is 2. The molecule has 2 rings (SSSR count). The highest BCUT2D eigenvalue weighted by atomic mass is 16.6. The number of benzene rings is 2. The van der Waals surface area contributed by atoms with Crippen LogP contribution in [-0.4, -0.2) is 32.5 Å². The fourth-order valence-corrected chi connectivity index (χ4v) is 1.62. The summed E-state index contributed by atoms with van der Waals surface area (Å²) in [6.07, 6.45) is 0. The van der Waals surface area contributed by atoms with Crippen LogP contribution in [0, 0.1) is 0 Å². The Hall–Kier alpha value is -1.73. The van der Waals surface area contributed by atoms with Crippen LogP contribution >= 0.6 is 0 Å². The molecule has 5 nitrogen and oxygen atoms in total. The number of ether oxygens (including phenoxy) is 1. The second-order valence-electron chi connectivity index (χ2n) is 3.80. The van der Waals surface area contributed by atoms with Crippen LogP contribution in [0.1, 0.15) is 0 Å². The molecule has 0 heterocycles. The van der Waals surface area contributed by atoms with Gasteiger partial charge >= 0.3 is 22.5 Å². The van der Waals surface area contributed by atoms with E-state index in [2.05, 4.69) is 0 Å². The third kappa shape index (κ3) is 4.14. The molecule has 0 aliphatic heterocycles. The Balaban J connectivity index is 2.05. The smallest absolute Gasteiger partial charge is 0.457 e. The Kier molecular flexibility index (Phi) is 5.70. The molecule has 8 heteroatoms. The molecule has 2 aromatic rings. The van der Waals surface area contributed by atoms with Crippen LogP contribution in [0.15, 0.2) is 54.6 Å². The molecule has 2 radical (unpaired) electrons. The summed E-state index contributed by atoms with van der Waals surface area (Å²) in [6.45, 7) is 0. The van der Waals surface area contributed by atoms with Crippen molar-refractivity contribution in [2.24, 2.45) is 0 Å². The largest absolute Gasteiger partial charge is 0.470 e. The zero-order valence-electron chi connectivity index (χ0n) is 10.5. The van der Waals surface area contributed by atoms with Gasteiger partial charge in [-0.25, -0.2) is 0 Å². The SMILES string of the molecule is O[B]OB(O[B]O)c1ccc(Oc2ccccc2)cc1. The fraction of sp³-hybridized carbons (Fsp3) is 0. The normalized spacial score (nSPS) is 9.90. The quantitative estimate of drug-likeness (QED) is 0.705. The van der Waals surface area contributed by atoms with Crippen molar-refractivity contribution in [1.29, 1.82) is 0 Å². The highest BCUT2D eigenvalue weighted by molar-refractivity contribution is 6.68. The first-order valence-corrected chi connectivity index (χ1v) is 5.89. The van der Waals surface area contributed by atoms with E-state index < -0.39 is 7.12 Å². The van der Waals surface area contributed by atoms with E-state index in [0.717, 1.165) is 5.75 Å². The van der Waals surface area contributed by atoms with Crippen molar-refractivity contribution in [1.82, 2.24) is 0 Å². The van der Waals surface area contributed by atoms with Crippen LogP contribution in [-0.2, 0) is 9.14 Å². The summed E-state index contributed by atoms with van der Waals surface area (Å²) in [5, 5.41) is 17.3. The van der Waals surface area contributed by atoms with Crippen molar-refractivity contribution < 1.29 is 23.9 Å². The Labute approximate surface area is 118 Å².